The van der Waals surface area contributed by atoms with Gasteiger partial charge in [0.15, 0.2) is 5.65 Å². The highest BCUT2D eigenvalue weighted by Gasteiger charge is 2.18. The van der Waals surface area contributed by atoms with Crippen LogP contribution in [0.4, 0.5) is 5.69 Å². The topological polar surface area (TPSA) is 79.6 Å². The number of hydrogen-bond acceptors (Lipinski definition) is 4. The summed E-state index contributed by atoms with van der Waals surface area (Å²) in [5.41, 5.74) is 5.08. The van der Waals surface area contributed by atoms with Gasteiger partial charge in [0.05, 0.1) is 22.8 Å². The number of carbonyl (C=O) groups is 2. The van der Waals surface area contributed by atoms with Crippen molar-refractivity contribution in [3.05, 3.63) is 70.5 Å². The molecule has 32 heavy (non-hydrogen) atoms. The van der Waals surface area contributed by atoms with Crippen LogP contribution in [0.15, 0.2) is 48.5 Å². The normalized spacial score (nSPS) is 11.1. The van der Waals surface area contributed by atoms with E-state index in [0.29, 0.717) is 17.1 Å². The quantitative estimate of drug-likeness (QED) is 0.479. The smallest absolute Gasteiger partial charge is 0.244 e. The zero-order chi connectivity index (χ0) is 22.8. The molecule has 0 aliphatic heterocycles. The van der Waals surface area contributed by atoms with Gasteiger partial charge in [0.1, 0.15) is 0 Å². The van der Waals surface area contributed by atoms with Crippen LogP contribution in [0.3, 0.4) is 0 Å². The Morgan fingerprint density at radius 2 is 1.81 bits per heavy atom. The summed E-state index contributed by atoms with van der Waals surface area (Å²) in [5.74, 6) is -0.420. The van der Waals surface area contributed by atoms with E-state index >= 15 is 0 Å². The van der Waals surface area contributed by atoms with Crippen LogP contribution in [0.5, 0.6) is 0 Å². The zero-order valence-corrected chi connectivity index (χ0v) is 19.0. The van der Waals surface area contributed by atoms with Crippen LogP contribution in [0.1, 0.15) is 23.4 Å². The number of nitrogens with one attached hydrogen (secondary N) is 1. The van der Waals surface area contributed by atoms with Crippen LogP contribution in [0.25, 0.3) is 16.6 Å². The lowest BCUT2D eigenvalue weighted by Crippen LogP contribution is -2.35. The lowest BCUT2D eigenvalue weighted by atomic mass is 10.1. The van der Waals surface area contributed by atoms with Gasteiger partial charge in [-0.1, -0.05) is 35.9 Å². The van der Waals surface area contributed by atoms with Gasteiger partial charge in [0, 0.05) is 30.2 Å². The number of benzene rings is 2. The minimum Gasteiger partial charge on any atom is -0.336 e. The molecule has 0 bridgehead atoms. The molecule has 8 heteroatoms. The Bertz CT molecular complexity index is 1330. The number of aromatic nitrogens is 3. The first-order valence-corrected chi connectivity index (χ1v) is 10.7. The molecule has 0 aliphatic rings. The van der Waals surface area contributed by atoms with Crippen molar-refractivity contribution >= 4 is 45.7 Å². The van der Waals surface area contributed by atoms with Gasteiger partial charge in [-0.25, -0.2) is 9.50 Å². The Morgan fingerprint density at radius 1 is 1.09 bits per heavy atom. The van der Waals surface area contributed by atoms with Crippen LogP contribution in [0.2, 0.25) is 5.02 Å². The monoisotopic (exact) mass is 449 g/mol. The van der Waals surface area contributed by atoms with Crippen molar-refractivity contribution in [2.24, 2.45) is 0 Å². The molecule has 0 atom stereocenters. The van der Waals surface area contributed by atoms with Crippen molar-refractivity contribution in [3.8, 4) is 0 Å². The van der Waals surface area contributed by atoms with Crippen molar-refractivity contribution in [1.82, 2.24) is 19.5 Å². The van der Waals surface area contributed by atoms with Crippen LogP contribution in [0, 0.1) is 13.8 Å². The molecule has 0 aliphatic carbocycles. The fourth-order valence-corrected chi connectivity index (χ4v) is 4.00. The summed E-state index contributed by atoms with van der Waals surface area (Å²) in [6.45, 7) is 3.90. The summed E-state index contributed by atoms with van der Waals surface area (Å²) in [6, 6.07) is 14.9. The number of amides is 2. The zero-order valence-electron chi connectivity index (χ0n) is 18.2. The summed E-state index contributed by atoms with van der Waals surface area (Å²) in [6.07, 6.45) is 0.789. The first kappa shape index (κ1) is 21.8. The minimum absolute atomic E-state index is 0.0517. The molecular formula is C24H24ClN5O2. The molecule has 0 spiro atoms. The molecule has 7 nitrogen and oxygen atoms in total. The molecule has 2 aromatic carbocycles. The number of para-hydroxylation sites is 1. The predicted molar refractivity (Wildman–Crippen MR) is 126 cm³/mol. The van der Waals surface area contributed by atoms with Crippen molar-refractivity contribution in [2.75, 3.05) is 18.9 Å². The molecule has 0 saturated heterocycles. The van der Waals surface area contributed by atoms with Crippen molar-refractivity contribution in [2.45, 2.75) is 26.7 Å². The highest BCUT2D eigenvalue weighted by molar-refractivity contribution is 6.33. The first-order chi connectivity index (χ1) is 15.3. The maximum absolute atomic E-state index is 12.7. The highest BCUT2D eigenvalue weighted by Crippen LogP contribution is 2.23. The number of fused-ring (bicyclic) bond motifs is 3. The van der Waals surface area contributed by atoms with E-state index < -0.39 is 0 Å². The third-order valence-electron chi connectivity index (χ3n) is 5.56. The number of halogens is 1. The third kappa shape index (κ3) is 4.29. The van der Waals surface area contributed by atoms with Crippen molar-refractivity contribution in [3.63, 3.8) is 0 Å². The second kappa shape index (κ2) is 8.96. The lowest BCUT2D eigenvalue weighted by molar-refractivity contribution is -0.133. The third-order valence-corrected chi connectivity index (χ3v) is 5.89. The fourth-order valence-electron chi connectivity index (χ4n) is 3.82. The van der Waals surface area contributed by atoms with E-state index in [-0.39, 0.29) is 24.8 Å². The van der Waals surface area contributed by atoms with E-state index in [9.17, 15) is 9.59 Å². The molecular weight excluding hydrogens is 426 g/mol. The summed E-state index contributed by atoms with van der Waals surface area (Å²) < 4.78 is 1.85. The van der Waals surface area contributed by atoms with Crippen LogP contribution >= 0.6 is 11.6 Å². The van der Waals surface area contributed by atoms with Crippen molar-refractivity contribution < 1.29 is 9.59 Å². The molecule has 2 heterocycles. The number of aryl methyl sites for hydroxylation is 2. The summed E-state index contributed by atoms with van der Waals surface area (Å²) in [7, 11) is 1.62. The van der Waals surface area contributed by atoms with Gasteiger partial charge in [-0.2, -0.15) is 5.10 Å². The van der Waals surface area contributed by atoms with Gasteiger partial charge >= 0.3 is 0 Å². The molecule has 0 radical (unpaired) electrons. The van der Waals surface area contributed by atoms with E-state index in [1.807, 2.05) is 42.6 Å². The Labute approximate surface area is 191 Å². The molecule has 0 unspecified atom stereocenters. The summed E-state index contributed by atoms with van der Waals surface area (Å²) in [4.78, 5) is 31.2. The number of carbonyl (C=O) groups excluding carboxylic acids is 2. The number of anilines is 1. The first-order valence-electron chi connectivity index (χ1n) is 10.4. The average Bonchev–Trinajstić information content (AvgIpc) is 3.14. The minimum atomic E-state index is -0.298. The molecule has 0 fully saturated rings. The predicted octanol–water partition coefficient (Wildman–Crippen LogP) is 4.18. The second-order valence-corrected chi connectivity index (χ2v) is 8.20. The van der Waals surface area contributed by atoms with E-state index in [0.717, 1.165) is 33.5 Å². The van der Waals surface area contributed by atoms with Crippen LogP contribution in [-0.4, -0.2) is 44.9 Å². The van der Waals surface area contributed by atoms with Gasteiger partial charge < -0.3 is 10.2 Å². The van der Waals surface area contributed by atoms with Gasteiger partial charge in [0.2, 0.25) is 11.8 Å². The van der Waals surface area contributed by atoms with Crippen LogP contribution in [-0.2, 0) is 16.0 Å². The Morgan fingerprint density at radius 3 is 2.59 bits per heavy atom. The Balaban J connectivity index is 1.43. The summed E-state index contributed by atoms with van der Waals surface area (Å²) >= 11 is 6.07. The second-order valence-electron chi connectivity index (χ2n) is 7.79. The number of rotatable bonds is 6. The molecule has 4 aromatic rings. The maximum atomic E-state index is 12.7. The fraction of sp³-hybridized carbons (Fsp3) is 0.250. The van der Waals surface area contributed by atoms with Gasteiger partial charge in [-0.3, -0.25) is 9.59 Å². The number of nitrogens with zero attached hydrogens (tertiary/aromatic N) is 4. The number of likely N-dealkylation sites (N-methyl/N-ethyl adjacent to an activating group) is 1. The number of hydrogen-bond donors (Lipinski definition) is 1. The molecule has 0 saturated carbocycles. The van der Waals surface area contributed by atoms with E-state index in [1.54, 1.807) is 31.3 Å². The molecule has 4 rings (SSSR count). The van der Waals surface area contributed by atoms with Gasteiger partial charge in [-0.15, -0.1) is 0 Å². The SMILES string of the molecule is Cc1nc2c3ccccc3nn2c(C)c1CCC(=O)N(C)CC(=O)Nc1ccccc1Cl. The largest absolute Gasteiger partial charge is 0.336 e. The summed E-state index contributed by atoms with van der Waals surface area (Å²) in [5, 5.41) is 8.85. The lowest BCUT2D eigenvalue weighted by Gasteiger charge is -2.18. The van der Waals surface area contributed by atoms with E-state index in [2.05, 4.69) is 10.4 Å². The standard InChI is InChI=1S/C24H24ClN5O2/c1-15-17(16(2)30-24(26-15)18-8-4-6-10-20(18)28-30)12-13-23(32)29(3)14-22(31)27-21-11-7-5-9-19(21)25/h4-11H,12-14H2,1-3H3,(H,27,31). The van der Waals surface area contributed by atoms with Gasteiger partial charge in [0.25, 0.3) is 0 Å². The Kier molecular flexibility index (Phi) is 6.10. The van der Waals surface area contributed by atoms with Gasteiger partial charge in [-0.05, 0) is 50.1 Å². The molecule has 2 aromatic heterocycles. The Hall–Kier alpha value is -3.45. The van der Waals surface area contributed by atoms with Crippen LogP contribution < -0.4 is 5.32 Å². The molecule has 164 valence electrons. The van der Waals surface area contributed by atoms with E-state index in [1.165, 1.54) is 4.90 Å². The molecule has 2 amide bonds. The highest BCUT2D eigenvalue weighted by atomic mass is 35.5. The van der Waals surface area contributed by atoms with E-state index in [4.69, 9.17) is 16.6 Å². The average molecular weight is 450 g/mol. The van der Waals surface area contributed by atoms with Crippen molar-refractivity contribution in [1.29, 1.82) is 0 Å². The maximum Gasteiger partial charge on any atom is 0.244 e. The molecule has 1 N–H and O–H groups in total.